The Hall–Kier alpha value is -0.610. The van der Waals surface area contributed by atoms with Crippen LogP contribution in [0.15, 0.2) is 0 Å². The fourth-order valence-electron chi connectivity index (χ4n) is 2.20. The number of carbonyl (C=O) groups is 1. The molecular weight excluding hydrogens is 202 g/mol. The van der Waals surface area contributed by atoms with E-state index in [1.807, 2.05) is 13.8 Å². The fraction of sp³-hybridized carbons (Fsp3) is 0.917. The average molecular weight is 227 g/mol. The van der Waals surface area contributed by atoms with Crippen LogP contribution in [0.25, 0.3) is 0 Å². The SMILES string of the molecule is CCN1CCCC(NC(C)(C)C(N)=O)CC1. The van der Waals surface area contributed by atoms with Crippen LogP contribution in [0.5, 0.6) is 0 Å². The minimum Gasteiger partial charge on any atom is -0.368 e. The molecule has 1 atom stereocenters. The van der Waals surface area contributed by atoms with Crippen LogP contribution in [0, 0.1) is 0 Å². The molecule has 1 aliphatic heterocycles. The van der Waals surface area contributed by atoms with Gasteiger partial charge in [-0.05, 0) is 52.7 Å². The van der Waals surface area contributed by atoms with E-state index >= 15 is 0 Å². The molecule has 4 heteroatoms. The Morgan fingerprint density at radius 3 is 2.69 bits per heavy atom. The van der Waals surface area contributed by atoms with E-state index in [-0.39, 0.29) is 5.91 Å². The Bertz CT molecular complexity index is 240. The normalized spacial score (nSPS) is 24.1. The molecule has 1 saturated heterocycles. The Morgan fingerprint density at radius 2 is 2.12 bits per heavy atom. The summed E-state index contributed by atoms with van der Waals surface area (Å²) >= 11 is 0. The summed E-state index contributed by atoms with van der Waals surface area (Å²) in [4.78, 5) is 13.7. The molecule has 1 unspecified atom stereocenters. The molecule has 1 aliphatic rings. The third-order valence-electron chi connectivity index (χ3n) is 3.45. The molecule has 1 amide bonds. The lowest BCUT2D eigenvalue weighted by atomic mass is 10.0. The van der Waals surface area contributed by atoms with Gasteiger partial charge in [0.2, 0.25) is 5.91 Å². The highest BCUT2D eigenvalue weighted by Gasteiger charge is 2.28. The molecule has 3 N–H and O–H groups in total. The number of primary amides is 1. The van der Waals surface area contributed by atoms with Gasteiger partial charge in [-0.25, -0.2) is 0 Å². The van der Waals surface area contributed by atoms with Crippen molar-refractivity contribution in [1.29, 1.82) is 0 Å². The lowest BCUT2D eigenvalue weighted by Crippen LogP contribution is -2.54. The van der Waals surface area contributed by atoms with Crippen molar-refractivity contribution < 1.29 is 4.79 Å². The largest absolute Gasteiger partial charge is 0.368 e. The van der Waals surface area contributed by atoms with Crippen LogP contribution < -0.4 is 11.1 Å². The van der Waals surface area contributed by atoms with Crippen molar-refractivity contribution in [3.63, 3.8) is 0 Å². The van der Waals surface area contributed by atoms with Gasteiger partial charge in [-0.1, -0.05) is 6.92 Å². The van der Waals surface area contributed by atoms with Crippen molar-refractivity contribution in [3.8, 4) is 0 Å². The summed E-state index contributed by atoms with van der Waals surface area (Å²) in [6, 6.07) is 0.416. The van der Waals surface area contributed by atoms with E-state index in [0.717, 1.165) is 25.9 Å². The highest BCUT2D eigenvalue weighted by atomic mass is 16.1. The molecule has 94 valence electrons. The number of nitrogens with two attached hydrogens (primary N) is 1. The number of nitrogens with zero attached hydrogens (tertiary/aromatic N) is 1. The second-order valence-corrected chi connectivity index (χ2v) is 5.20. The highest BCUT2D eigenvalue weighted by molar-refractivity contribution is 5.83. The second-order valence-electron chi connectivity index (χ2n) is 5.20. The number of carbonyl (C=O) groups excluding carboxylic acids is 1. The van der Waals surface area contributed by atoms with Crippen molar-refractivity contribution in [2.24, 2.45) is 5.73 Å². The Labute approximate surface area is 98.6 Å². The molecular formula is C12H25N3O. The number of nitrogens with one attached hydrogen (secondary N) is 1. The van der Waals surface area contributed by atoms with Gasteiger partial charge < -0.3 is 16.0 Å². The number of likely N-dealkylation sites (tertiary alicyclic amines) is 1. The lowest BCUT2D eigenvalue weighted by Gasteiger charge is -2.28. The molecule has 0 spiro atoms. The van der Waals surface area contributed by atoms with Crippen molar-refractivity contribution in [3.05, 3.63) is 0 Å². The molecule has 0 radical (unpaired) electrons. The lowest BCUT2D eigenvalue weighted by molar-refractivity contribution is -0.123. The van der Waals surface area contributed by atoms with E-state index in [0.29, 0.717) is 6.04 Å². The fourth-order valence-corrected chi connectivity index (χ4v) is 2.20. The standard InChI is InChI=1S/C12H25N3O/c1-4-15-8-5-6-10(7-9-15)14-12(2,3)11(13)16/h10,14H,4-9H2,1-3H3,(H2,13,16). The quantitative estimate of drug-likeness (QED) is 0.744. The molecule has 0 aromatic heterocycles. The monoisotopic (exact) mass is 227 g/mol. The first kappa shape index (κ1) is 13.5. The maximum absolute atomic E-state index is 11.3. The zero-order chi connectivity index (χ0) is 12.2. The van der Waals surface area contributed by atoms with Crippen LogP contribution in [-0.2, 0) is 4.79 Å². The summed E-state index contributed by atoms with van der Waals surface area (Å²) < 4.78 is 0. The molecule has 0 aromatic rings. The van der Waals surface area contributed by atoms with Crippen LogP contribution >= 0.6 is 0 Å². The van der Waals surface area contributed by atoms with Gasteiger partial charge in [0, 0.05) is 6.04 Å². The molecule has 1 heterocycles. The van der Waals surface area contributed by atoms with Gasteiger partial charge in [0.1, 0.15) is 0 Å². The number of amides is 1. The van der Waals surface area contributed by atoms with Crippen molar-refractivity contribution in [2.45, 2.75) is 51.6 Å². The molecule has 1 rings (SSSR count). The van der Waals surface area contributed by atoms with Gasteiger partial charge in [-0.15, -0.1) is 0 Å². The summed E-state index contributed by atoms with van der Waals surface area (Å²) in [6.07, 6.45) is 3.43. The Kier molecular flexibility index (Phi) is 4.74. The third-order valence-corrected chi connectivity index (χ3v) is 3.45. The number of rotatable bonds is 4. The first-order chi connectivity index (χ1) is 7.45. The van der Waals surface area contributed by atoms with Crippen LogP contribution in [-0.4, -0.2) is 42.0 Å². The van der Waals surface area contributed by atoms with Gasteiger partial charge in [-0.2, -0.15) is 0 Å². The van der Waals surface area contributed by atoms with Crippen molar-refractivity contribution in [2.75, 3.05) is 19.6 Å². The maximum Gasteiger partial charge on any atom is 0.237 e. The predicted molar refractivity (Wildman–Crippen MR) is 66.2 cm³/mol. The summed E-state index contributed by atoms with van der Waals surface area (Å²) in [7, 11) is 0. The van der Waals surface area contributed by atoms with Crippen molar-refractivity contribution in [1.82, 2.24) is 10.2 Å². The van der Waals surface area contributed by atoms with Crippen LogP contribution in [0.3, 0.4) is 0 Å². The summed E-state index contributed by atoms with van der Waals surface area (Å²) in [6.45, 7) is 9.32. The van der Waals surface area contributed by atoms with Gasteiger partial charge in [0.25, 0.3) is 0 Å². The van der Waals surface area contributed by atoms with Gasteiger partial charge in [0.05, 0.1) is 5.54 Å². The van der Waals surface area contributed by atoms with Crippen LogP contribution in [0.1, 0.15) is 40.0 Å². The Balaban J connectivity index is 2.46. The highest BCUT2D eigenvalue weighted by Crippen LogP contribution is 2.14. The number of hydrogen-bond acceptors (Lipinski definition) is 3. The average Bonchev–Trinajstić information content (AvgIpc) is 2.42. The molecule has 0 bridgehead atoms. The Morgan fingerprint density at radius 1 is 1.44 bits per heavy atom. The molecule has 4 nitrogen and oxygen atoms in total. The summed E-state index contributed by atoms with van der Waals surface area (Å²) in [5, 5.41) is 3.38. The van der Waals surface area contributed by atoms with E-state index in [4.69, 9.17) is 5.73 Å². The second kappa shape index (κ2) is 5.64. The summed E-state index contributed by atoms with van der Waals surface area (Å²) in [5.41, 5.74) is 4.78. The van der Waals surface area contributed by atoms with E-state index in [2.05, 4.69) is 17.1 Å². The maximum atomic E-state index is 11.3. The molecule has 1 fully saturated rings. The molecule has 16 heavy (non-hydrogen) atoms. The smallest absolute Gasteiger partial charge is 0.237 e. The van der Waals surface area contributed by atoms with Crippen molar-refractivity contribution >= 4 is 5.91 Å². The van der Waals surface area contributed by atoms with E-state index in [9.17, 15) is 4.79 Å². The first-order valence-electron chi connectivity index (χ1n) is 6.25. The van der Waals surface area contributed by atoms with E-state index in [1.54, 1.807) is 0 Å². The van der Waals surface area contributed by atoms with E-state index in [1.165, 1.54) is 13.0 Å². The minimum atomic E-state index is -0.591. The minimum absolute atomic E-state index is 0.274. The molecule has 0 saturated carbocycles. The van der Waals surface area contributed by atoms with Gasteiger partial charge >= 0.3 is 0 Å². The topological polar surface area (TPSA) is 58.4 Å². The predicted octanol–water partition coefficient (Wildman–Crippen LogP) is 0.714. The number of hydrogen-bond donors (Lipinski definition) is 2. The first-order valence-corrected chi connectivity index (χ1v) is 6.25. The molecule has 0 aromatic carbocycles. The molecule has 0 aliphatic carbocycles. The van der Waals surface area contributed by atoms with E-state index < -0.39 is 5.54 Å². The van der Waals surface area contributed by atoms with Crippen LogP contribution in [0.4, 0.5) is 0 Å². The zero-order valence-corrected chi connectivity index (χ0v) is 10.8. The summed E-state index contributed by atoms with van der Waals surface area (Å²) in [5.74, 6) is -0.274. The van der Waals surface area contributed by atoms with Gasteiger partial charge in [0.15, 0.2) is 0 Å². The third kappa shape index (κ3) is 3.76. The van der Waals surface area contributed by atoms with Crippen LogP contribution in [0.2, 0.25) is 0 Å². The van der Waals surface area contributed by atoms with Gasteiger partial charge in [-0.3, -0.25) is 4.79 Å². The zero-order valence-electron chi connectivity index (χ0n) is 10.8.